The molecule has 1 N–H and O–H groups in total. The normalized spacial score (nSPS) is 10.8. The number of aromatic nitrogens is 1. The highest BCUT2D eigenvalue weighted by molar-refractivity contribution is 5.90. The van der Waals surface area contributed by atoms with Gasteiger partial charge in [0.2, 0.25) is 0 Å². The molecule has 0 radical (unpaired) electrons. The van der Waals surface area contributed by atoms with Crippen molar-refractivity contribution in [1.82, 2.24) is 4.98 Å². The van der Waals surface area contributed by atoms with Gasteiger partial charge in [-0.15, -0.1) is 0 Å². The maximum Gasteiger partial charge on any atom is 0.310 e. The molecule has 0 amide bonds. The Morgan fingerprint density at radius 2 is 1.92 bits per heavy atom. The van der Waals surface area contributed by atoms with E-state index in [1.165, 1.54) is 7.11 Å². The van der Waals surface area contributed by atoms with Crippen LogP contribution in [0.1, 0.15) is 16.8 Å². The van der Waals surface area contributed by atoms with Crippen molar-refractivity contribution in [3.05, 3.63) is 65.1 Å². The van der Waals surface area contributed by atoms with Crippen LogP contribution in [0.2, 0.25) is 0 Å². The third kappa shape index (κ3) is 3.11. The average molecular weight is 327 g/mol. The van der Waals surface area contributed by atoms with Crippen molar-refractivity contribution in [2.45, 2.75) is 20.0 Å². The van der Waals surface area contributed by atoms with Gasteiger partial charge in [-0.2, -0.15) is 0 Å². The Kier molecular flexibility index (Phi) is 4.51. The van der Waals surface area contributed by atoms with E-state index in [1.54, 1.807) is 12.1 Å². The van der Waals surface area contributed by atoms with Gasteiger partial charge in [0.1, 0.15) is 6.61 Å². The summed E-state index contributed by atoms with van der Waals surface area (Å²) in [5.41, 5.74) is 2.89. The first-order valence-corrected chi connectivity index (χ1v) is 7.63. The number of methoxy groups -OCH3 is 1. The molecule has 0 aliphatic rings. The smallest absolute Gasteiger partial charge is 0.310 e. The van der Waals surface area contributed by atoms with Gasteiger partial charge >= 0.3 is 5.97 Å². The summed E-state index contributed by atoms with van der Waals surface area (Å²) in [5.74, 6) is -0.712. The number of hydrogen-bond donors (Lipinski definition) is 1. The number of halogens is 1. The fourth-order valence-electron chi connectivity index (χ4n) is 2.73. The van der Waals surface area contributed by atoms with Crippen LogP contribution in [0.15, 0.2) is 42.5 Å². The highest BCUT2D eigenvalue weighted by atomic mass is 19.1. The molecular weight excluding hydrogens is 309 g/mol. The zero-order valence-electron chi connectivity index (χ0n) is 13.6. The second-order valence-corrected chi connectivity index (χ2v) is 5.56. The number of nitrogens with one attached hydrogen (secondary N) is 1. The lowest BCUT2D eigenvalue weighted by Crippen LogP contribution is -2.09. The van der Waals surface area contributed by atoms with Crippen molar-refractivity contribution in [3.63, 3.8) is 0 Å². The molecule has 0 unspecified atom stereocenters. The van der Waals surface area contributed by atoms with Gasteiger partial charge in [0.25, 0.3) is 0 Å². The first-order valence-electron chi connectivity index (χ1n) is 7.63. The first kappa shape index (κ1) is 16.1. The first-order chi connectivity index (χ1) is 11.6. The van der Waals surface area contributed by atoms with E-state index in [-0.39, 0.29) is 18.8 Å². The number of fused-ring (bicyclic) bond motifs is 1. The molecule has 0 aliphatic carbocycles. The molecule has 0 saturated heterocycles. The molecular formula is C19H18FNO3. The summed E-state index contributed by atoms with van der Waals surface area (Å²) in [6.07, 6.45) is 0.00273. The average Bonchev–Trinajstić information content (AvgIpc) is 2.91. The van der Waals surface area contributed by atoms with Crippen molar-refractivity contribution in [2.75, 3.05) is 7.11 Å². The van der Waals surface area contributed by atoms with Gasteiger partial charge in [0.15, 0.2) is 11.6 Å². The van der Waals surface area contributed by atoms with Crippen molar-refractivity contribution in [2.24, 2.45) is 0 Å². The Morgan fingerprint density at radius 1 is 1.17 bits per heavy atom. The number of benzene rings is 2. The van der Waals surface area contributed by atoms with Crippen molar-refractivity contribution >= 4 is 16.9 Å². The van der Waals surface area contributed by atoms with Crippen LogP contribution in [0.5, 0.6) is 5.75 Å². The lowest BCUT2D eigenvalue weighted by atomic mass is 10.1. The number of hydrogen-bond acceptors (Lipinski definition) is 3. The van der Waals surface area contributed by atoms with Gasteiger partial charge < -0.3 is 14.5 Å². The number of rotatable bonds is 5. The zero-order chi connectivity index (χ0) is 17.1. The molecule has 0 aliphatic heterocycles. The van der Waals surface area contributed by atoms with Gasteiger partial charge in [-0.1, -0.05) is 30.3 Å². The van der Waals surface area contributed by atoms with Gasteiger partial charge in [0, 0.05) is 16.6 Å². The minimum Gasteiger partial charge on any atom is -0.494 e. The molecule has 124 valence electrons. The second-order valence-electron chi connectivity index (χ2n) is 5.56. The third-order valence-corrected chi connectivity index (χ3v) is 3.97. The van der Waals surface area contributed by atoms with Gasteiger partial charge in [-0.25, -0.2) is 4.39 Å². The third-order valence-electron chi connectivity index (χ3n) is 3.97. The van der Waals surface area contributed by atoms with E-state index in [0.29, 0.717) is 16.5 Å². The molecule has 0 fully saturated rings. The molecule has 3 rings (SSSR count). The van der Waals surface area contributed by atoms with Gasteiger partial charge in [-0.3, -0.25) is 4.79 Å². The van der Waals surface area contributed by atoms with Crippen LogP contribution in [0.25, 0.3) is 10.9 Å². The summed E-state index contributed by atoms with van der Waals surface area (Å²) in [4.78, 5) is 15.3. The van der Waals surface area contributed by atoms with E-state index in [9.17, 15) is 9.18 Å². The second kappa shape index (κ2) is 6.74. The molecule has 2 aromatic carbocycles. The van der Waals surface area contributed by atoms with Crippen molar-refractivity contribution in [1.29, 1.82) is 0 Å². The van der Waals surface area contributed by atoms with E-state index in [4.69, 9.17) is 9.47 Å². The highest BCUT2D eigenvalue weighted by Crippen LogP contribution is 2.31. The van der Waals surface area contributed by atoms with Crippen molar-refractivity contribution < 1.29 is 18.7 Å². The number of aromatic amines is 1. The quantitative estimate of drug-likeness (QED) is 0.723. The predicted octanol–water partition coefficient (Wildman–Crippen LogP) is 3.91. The Bertz CT molecular complexity index is 871. The number of carbonyl (C=O) groups excluding carboxylic acids is 1. The van der Waals surface area contributed by atoms with Crippen LogP contribution in [0, 0.1) is 12.7 Å². The fourth-order valence-corrected chi connectivity index (χ4v) is 2.73. The number of ether oxygens (including phenoxy) is 2. The van der Waals surface area contributed by atoms with Crippen molar-refractivity contribution in [3.8, 4) is 5.75 Å². The standard InChI is InChI=1S/C19H18FNO3/c1-12-14(10-17(22)24-11-13-6-4-3-5-7-13)18-15(21-12)8-9-16(23-2)19(18)20/h3-9,21H,10-11H2,1-2H3. The topological polar surface area (TPSA) is 51.3 Å². The lowest BCUT2D eigenvalue weighted by Gasteiger charge is -2.07. The SMILES string of the molecule is COc1ccc2[nH]c(C)c(CC(=O)OCc3ccccc3)c2c1F. The Morgan fingerprint density at radius 3 is 2.62 bits per heavy atom. The van der Waals surface area contributed by atoms with Crippen LogP contribution in [0.4, 0.5) is 4.39 Å². The number of carbonyl (C=O) groups is 1. The number of aryl methyl sites for hydroxylation is 1. The molecule has 0 bridgehead atoms. The van der Waals surface area contributed by atoms with Crippen LogP contribution in [0.3, 0.4) is 0 Å². The molecule has 5 heteroatoms. The molecule has 1 heterocycles. The lowest BCUT2D eigenvalue weighted by molar-refractivity contribution is -0.144. The van der Waals surface area contributed by atoms with Crippen LogP contribution in [-0.4, -0.2) is 18.1 Å². The summed E-state index contributed by atoms with van der Waals surface area (Å²) < 4.78 is 24.9. The Hall–Kier alpha value is -2.82. The largest absolute Gasteiger partial charge is 0.494 e. The molecule has 0 spiro atoms. The highest BCUT2D eigenvalue weighted by Gasteiger charge is 2.19. The predicted molar refractivity (Wildman–Crippen MR) is 89.5 cm³/mol. The van der Waals surface area contributed by atoms with E-state index < -0.39 is 11.8 Å². The summed E-state index contributed by atoms with van der Waals surface area (Å²) in [7, 11) is 1.41. The number of esters is 1. The van der Waals surface area contributed by atoms with Crippen LogP contribution in [-0.2, 0) is 22.6 Å². The zero-order valence-corrected chi connectivity index (χ0v) is 13.6. The summed E-state index contributed by atoms with van der Waals surface area (Å²) in [5, 5.41) is 0.378. The number of H-pyrrole nitrogens is 1. The molecule has 24 heavy (non-hydrogen) atoms. The fraction of sp³-hybridized carbons (Fsp3) is 0.211. The molecule has 3 aromatic rings. The van der Waals surface area contributed by atoms with Gasteiger partial charge in [0.05, 0.1) is 13.5 Å². The van der Waals surface area contributed by atoms with E-state index in [0.717, 1.165) is 11.3 Å². The van der Waals surface area contributed by atoms with E-state index in [2.05, 4.69) is 4.98 Å². The van der Waals surface area contributed by atoms with Crippen LogP contribution < -0.4 is 4.74 Å². The van der Waals surface area contributed by atoms with Crippen LogP contribution >= 0.6 is 0 Å². The maximum atomic E-state index is 14.5. The maximum absolute atomic E-state index is 14.5. The molecule has 1 aromatic heterocycles. The molecule has 0 saturated carbocycles. The Labute approximate surface area is 139 Å². The minimum atomic E-state index is -0.467. The van der Waals surface area contributed by atoms with E-state index >= 15 is 0 Å². The summed E-state index contributed by atoms with van der Waals surface area (Å²) >= 11 is 0. The summed E-state index contributed by atoms with van der Waals surface area (Å²) in [6.45, 7) is 2.01. The molecule has 0 atom stereocenters. The monoisotopic (exact) mass is 327 g/mol. The van der Waals surface area contributed by atoms with E-state index in [1.807, 2.05) is 37.3 Å². The summed E-state index contributed by atoms with van der Waals surface area (Å²) in [6, 6.07) is 12.7. The Balaban J connectivity index is 1.81. The minimum absolute atomic E-state index is 0.00273. The van der Waals surface area contributed by atoms with Gasteiger partial charge in [-0.05, 0) is 30.2 Å². The molecule has 4 nitrogen and oxygen atoms in total.